The van der Waals surface area contributed by atoms with Gasteiger partial charge in [-0.3, -0.25) is 4.79 Å². The van der Waals surface area contributed by atoms with Crippen molar-refractivity contribution in [1.82, 2.24) is 4.90 Å². The van der Waals surface area contributed by atoms with E-state index >= 15 is 0 Å². The molecule has 2 rings (SSSR count). The summed E-state index contributed by atoms with van der Waals surface area (Å²) in [5.74, 6) is 0.325. The van der Waals surface area contributed by atoms with E-state index in [9.17, 15) is 4.79 Å². The SMILES string of the molecule is CC1CN(C(=O)CC2CCCCO2)CCC1=NO. The first kappa shape index (κ1) is 13.3. The van der Waals surface area contributed by atoms with Crippen molar-refractivity contribution in [3.63, 3.8) is 0 Å². The maximum absolute atomic E-state index is 12.2. The topological polar surface area (TPSA) is 62.1 Å². The summed E-state index contributed by atoms with van der Waals surface area (Å²) >= 11 is 0. The van der Waals surface area contributed by atoms with Gasteiger partial charge >= 0.3 is 0 Å². The minimum atomic E-state index is 0.106. The summed E-state index contributed by atoms with van der Waals surface area (Å²) in [7, 11) is 0. The molecule has 5 heteroatoms. The Morgan fingerprint density at radius 3 is 3.00 bits per heavy atom. The van der Waals surface area contributed by atoms with Gasteiger partial charge in [-0.2, -0.15) is 0 Å². The standard InChI is InChI=1S/C13H22N2O3/c1-10-9-15(6-5-12(10)14-17)13(16)8-11-4-2-3-7-18-11/h10-11,17H,2-9H2,1H3. The second kappa shape index (κ2) is 6.18. The maximum atomic E-state index is 12.2. The molecule has 2 unspecified atom stereocenters. The number of oxime groups is 1. The van der Waals surface area contributed by atoms with Crippen molar-refractivity contribution >= 4 is 11.6 Å². The summed E-state index contributed by atoms with van der Waals surface area (Å²) in [5.41, 5.74) is 0.799. The Morgan fingerprint density at radius 1 is 1.56 bits per heavy atom. The largest absolute Gasteiger partial charge is 0.411 e. The van der Waals surface area contributed by atoms with Gasteiger partial charge in [0.1, 0.15) is 0 Å². The summed E-state index contributed by atoms with van der Waals surface area (Å²) in [6.07, 6.45) is 4.55. The van der Waals surface area contributed by atoms with Crippen LogP contribution in [0.4, 0.5) is 0 Å². The van der Waals surface area contributed by atoms with Gasteiger partial charge in [0.05, 0.1) is 18.2 Å². The van der Waals surface area contributed by atoms with Crippen LogP contribution in [0.5, 0.6) is 0 Å². The molecule has 2 aliphatic rings. The summed E-state index contributed by atoms with van der Waals surface area (Å²) in [6, 6.07) is 0. The average molecular weight is 254 g/mol. The zero-order chi connectivity index (χ0) is 13.0. The summed E-state index contributed by atoms with van der Waals surface area (Å²) in [4.78, 5) is 14.0. The molecule has 0 spiro atoms. The Hall–Kier alpha value is -1.10. The molecule has 5 nitrogen and oxygen atoms in total. The highest BCUT2D eigenvalue weighted by Gasteiger charge is 2.27. The van der Waals surface area contributed by atoms with Gasteiger partial charge in [-0.05, 0) is 19.3 Å². The molecule has 0 bridgehead atoms. The number of likely N-dealkylation sites (tertiary alicyclic amines) is 1. The molecule has 2 saturated heterocycles. The summed E-state index contributed by atoms with van der Waals surface area (Å²) in [5, 5.41) is 12.1. The van der Waals surface area contributed by atoms with Crippen LogP contribution in [-0.4, -0.2) is 47.5 Å². The third kappa shape index (κ3) is 3.22. The maximum Gasteiger partial charge on any atom is 0.225 e. The Kier molecular flexibility index (Phi) is 4.58. The fraction of sp³-hybridized carbons (Fsp3) is 0.846. The molecule has 2 aliphatic heterocycles. The van der Waals surface area contributed by atoms with Gasteiger partial charge in [-0.15, -0.1) is 0 Å². The van der Waals surface area contributed by atoms with Gasteiger partial charge in [0.25, 0.3) is 0 Å². The average Bonchev–Trinajstić information content (AvgIpc) is 2.39. The van der Waals surface area contributed by atoms with E-state index in [2.05, 4.69) is 5.16 Å². The third-order valence-corrected chi connectivity index (χ3v) is 3.86. The van der Waals surface area contributed by atoms with Crippen LogP contribution in [0.15, 0.2) is 5.16 Å². The minimum Gasteiger partial charge on any atom is -0.411 e. The molecule has 0 saturated carbocycles. The molecule has 1 amide bonds. The highest BCUT2D eigenvalue weighted by molar-refractivity contribution is 5.89. The predicted molar refractivity (Wildman–Crippen MR) is 67.8 cm³/mol. The number of piperidine rings is 1. The number of ether oxygens (including phenoxy) is 1. The van der Waals surface area contributed by atoms with Crippen molar-refractivity contribution in [1.29, 1.82) is 0 Å². The molecule has 2 atom stereocenters. The van der Waals surface area contributed by atoms with Gasteiger partial charge in [-0.25, -0.2) is 0 Å². The lowest BCUT2D eigenvalue weighted by Crippen LogP contribution is -2.44. The molecule has 0 radical (unpaired) electrons. The molecule has 0 aromatic carbocycles. The van der Waals surface area contributed by atoms with Gasteiger partial charge < -0.3 is 14.8 Å². The van der Waals surface area contributed by atoms with Crippen molar-refractivity contribution in [2.45, 2.75) is 45.1 Å². The number of carbonyl (C=O) groups excluding carboxylic acids is 1. The fourth-order valence-electron chi connectivity index (χ4n) is 2.69. The number of hydrogen-bond donors (Lipinski definition) is 1. The quantitative estimate of drug-likeness (QED) is 0.602. The van der Waals surface area contributed by atoms with E-state index in [1.165, 1.54) is 0 Å². The van der Waals surface area contributed by atoms with Crippen molar-refractivity contribution in [2.24, 2.45) is 11.1 Å². The summed E-state index contributed by atoms with van der Waals surface area (Å²) in [6.45, 7) is 4.10. The smallest absolute Gasteiger partial charge is 0.225 e. The van der Waals surface area contributed by atoms with Gasteiger partial charge in [0.2, 0.25) is 5.91 Å². The van der Waals surface area contributed by atoms with Crippen LogP contribution in [0.2, 0.25) is 0 Å². The molecule has 1 N–H and O–H groups in total. The van der Waals surface area contributed by atoms with E-state index in [-0.39, 0.29) is 17.9 Å². The van der Waals surface area contributed by atoms with Crippen LogP contribution >= 0.6 is 0 Å². The van der Waals surface area contributed by atoms with Crippen LogP contribution < -0.4 is 0 Å². The van der Waals surface area contributed by atoms with Gasteiger partial charge in [0.15, 0.2) is 0 Å². The lowest BCUT2D eigenvalue weighted by Gasteiger charge is -2.33. The fourth-order valence-corrected chi connectivity index (χ4v) is 2.69. The van der Waals surface area contributed by atoms with Crippen LogP contribution in [-0.2, 0) is 9.53 Å². The first-order valence-corrected chi connectivity index (χ1v) is 6.81. The van der Waals surface area contributed by atoms with Crippen LogP contribution in [0, 0.1) is 5.92 Å². The summed E-state index contributed by atoms with van der Waals surface area (Å²) < 4.78 is 5.60. The lowest BCUT2D eigenvalue weighted by atomic mass is 9.97. The molecule has 18 heavy (non-hydrogen) atoms. The molecular weight excluding hydrogens is 232 g/mol. The Labute approximate surface area is 108 Å². The molecule has 102 valence electrons. The molecule has 0 aliphatic carbocycles. The van der Waals surface area contributed by atoms with Crippen molar-refractivity contribution < 1.29 is 14.7 Å². The molecular formula is C13H22N2O3. The number of rotatable bonds is 2. The van der Waals surface area contributed by atoms with E-state index in [4.69, 9.17) is 9.94 Å². The van der Waals surface area contributed by atoms with E-state index in [1.54, 1.807) is 0 Å². The molecule has 0 aromatic heterocycles. The third-order valence-electron chi connectivity index (χ3n) is 3.86. The van der Waals surface area contributed by atoms with E-state index in [0.717, 1.165) is 31.6 Å². The highest BCUT2D eigenvalue weighted by Crippen LogP contribution is 2.19. The van der Waals surface area contributed by atoms with E-state index in [0.29, 0.717) is 25.9 Å². The van der Waals surface area contributed by atoms with Crippen molar-refractivity contribution in [3.05, 3.63) is 0 Å². The second-order valence-electron chi connectivity index (χ2n) is 5.27. The predicted octanol–water partition coefficient (Wildman–Crippen LogP) is 1.64. The minimum absolute atomic E-state index is 0.106. The zero-order valence-electron chi connectivity index (χ0n) is 11.0. The van der Waals surface area contributed by atoms with Crippen LogP contribution in [0.25, 0.3) is 0 Å². The monoisotopic (exact) mass is 254 g/mol. The zero-order valence-corrected chi connectivity index (χ0v) is 11.0. The van der Waals surface area contributed by atoms with Gasteiger partial charge in [0, 0.05) is 32.0 Å². The van der Waals surface area contributed by atoms with Crippen LogP contribution in [0.1, 0.15) is 39.0 Å². The first-order chi connectivity index (χ1) is 8.70. The van der Waals surface area contributed by atoms with E-state index < -0.39 is 0 Å². The Balaban J connectivity index is 1.82. The normalized spacial score (nSPS) is 31.6. The molecule has 2 fully saturated rings. The Bertz CT molecular complexity index is 324. The van der Waals surface area contributed by atoms with Crippen molar-refractivity contribution in [3.8, 4) is 0 Å². The number of amides is 1. The number of hydrogen-bond acceptors (Lipinski definition) is 4. The first-order valence-electron chi connectivity index (χ1n) is 6.81. The Morgan fingerprint density at radius 2 is 2.39 bits per heavy atom. The number of carbonyl (C=O) groups is 1. The number of nitrogens with zero attached hydrogens (tertiary/aromatic N) is 2. The van der Waals surface area contributed by atoms with Crippen LogP contribution in [0.3, 0.4) is 0 Å². The lowest BCUT2D eigenvalue weighted by molar-refractivity contribution is -0.135. The highest BCUT2D eigenvalue weighted by atomic mass is 16.5. The molecule has 2 heterocycles. The van der Waals surface area contributed by atoms with Crippen molar-refractivity contribution in [2.75, 3.05) is 19.7 Å². The van der Waals surface area contributed by atoms with Gasteiger partial charge in [-0.1, -0.05) is 12.1 Å². The van der Waals surface area contributed by atoms with E-state index in [1.807, 2.05) is 11.8 Å². The second-order valence-corrected chi connectivity index (χ2v) is 5.27. The molecule has 0 aromatic rings.